The van der Waals surface area contributed by atoms with Crippen molar-refractivity contribution in [2.75, 3.05) is 21.3 Å². The Morgan fingerprint density at radius 3 is 2.21 bits per heavy atom. The second-order valence-electron chi connectivity index (χ2n) is 4.08. The van der Waals surface area contributed by atoms with Crippen molar-refractivity contribution in [2.45, 2.75) is 13.3 Å². The van der Waals surface area contributed by atoms with Crippen LogP contribution >= 0.6 is 0 Å². The third-order valence-corrected chi connectivity index (χ3v) is 2.86. The van der Waals surface area contributed by atoms with E-state index < -0.39 is 11.9 Å². The Bertz CT molecular complexity index is 467. The molecule has 0 aliphatic heterocycles. The summed E-state index contributed by atoms with van der Waals surface area (Å²) < 4.78 is 14.9. The molecule has 0 bridgehead atoms. The molecule has 5 nitrogen and oxygen atoms in total. The van der Waals surface area contributed by atoms with Gasteiger partial charge in [0.25, 0.3) is 0 Å². The highest BCUT2D eigenvalue weighted by atomic mass is 16.5. The first kappa shape index (κ1) is 15.0. The summed E-state index contributed by atoms with van der Waals surface area (Å²) in [5.41, 5.74) is 0.809. The van der Waals surface area contributed by atoms with Gasteiger partial charge in [0, 0.05) is 0 Å². The van der Waals surface area contributed by atoms with Crippen molar-refractivity contribution in [3.63, 3.8) is 0 Å². The summed E-state index contributed by atoms with van der Waals surface area (Å²) in [5, 5.41) is 0. The molecule has 0 saturated heterocycles. The van der Waals surface area contributed by atoms with Crippen molar-refractivity contribution in [2.24, 2.45) is 5.92 Å². The van der Waals surface area contributed by atoms with E-state index in [-0.39, 0.29) is 12.2 Å². The monoisotopic (exact) mass is 266 g/mol. The van der Waals surface area contributed by atoms with E-state index in [2.05, 4.69) is 4.74 Å². The zero-order valence-electron chi connectivity index (χ0n) is 11.6. The lowest BCUT2D eigenvalue weighted by molar-refractivity contribution is -0.148. The SMILES string of the molecule is COC(=O)C(Cc1ccc(OC)c(OC)c1)C(C)=O. The second kappa shape index (κ2) is 6.78. The maximum atomic E-state index is 11.5. The summed E-state index contributed by atoms with van der Waals surface area (Å²) in [5.74, 6) is -0.372. The lowest BCUT2D eigenvalue weighted by atomic mass is 9.96. The molecule has 0 N–H and O–H groups in total. The smallest absolute Gasteiger partial charge is 0.316 e. The number of ketones is 1. The predicted molar refractivity (Wildman–Crippen MR) is 69.4 cm³/mol. The van der Waals surface area contributed by atoms with Gasteiger partial charge in [-0.25, -0.2) is 0 Å². The van der Waals surface area contributed by atoms with Gasteiger partial charge in [-0.2, -0.15) is 0 Å². The molecule has 1 aromatic rings. The zero-order chi connectivity index (χ0) is 14.4. The quantitative estimate of drug-likeness (QED) is 0.578. The van der Waals surface area contributed by atoms with Gasteiger partial charge in [-0.15, -0.1) is 0 Å². The summed E-state index contributed by atoms with van der Waals surface area (Å²) >= 11 is 0. The molecule has 0 aliphatic rings. The van der Waals surface area contributed by atoms with Crippen LogP contribution in [0.4, 0.5) is 0 Å². The number of carbonyl (C=O) groups is 2. The molecule has 1 rings (SSSR count). The van der Waals surface area contributed by atoms with Gasteiger partial charge >= 0.3 is 5.97 Å². The summed E-state index contributed by atoms with van der Waals surface area (Å²) in [6.07, 6.45) is 0.280. The van der Waals surface area contributed by atoms with Crippen LogP contribution in [0.1, 0.15) is 12.5 Å². The van der Waals surface area contributed by atoms with Crippen LogP contribution in [-0.2, 0) is 20.7 Å². The van der Waals surface area contributed by atoms with E-state index in [4.69, 9.17) is 9.47 Å². The van der Waals surface area contributed by atoms with Crippen LogP contribution in [0.2, 0.25) is 0 Å². The van der Waals surface area contributed by atoms with E-state index in [0.29, 0.717) is 11.5 Å². The van der Waals surface area contributed by atoms with Crippen molar-refractivity contribution in [1.82, 2.24) is 0 Å². The average molecular weight is 266 g/mol. The predicted octanol–water partition coefficient (Wildman–Crippen LogP) is 1.62. The third kappa shape index (κ3) is 3.71. The summed E-state index contributed by atoms with van der Waals surface area (Å²) in [4.78, 5) is 23.0. The van der Waals surface area contributed by atoms with Crippen molar-refractivity contribution in [3.05, 3.63) is 23.8 Å². The number of methoxy groups -OCH3 is 3. The second-order valence-corrected chi connectivity index (χ2v) is 4.08. The van der Waals surface area contributed by atoms with Crippen LogP contribution in [0.25, 0.3) is 0 Å². The first-order valence-corrected chi connectivity index (χ1v) is 5.82. The minimum Gasteiger partial charge on any atom is -0.493 e. The van der Waals surface area contributed by atoms with E-state index in [1.54, 1.807) is 25.3 Å². The van der Waals surface area contributed by atoms with Crippen LogP contribution in [0, 0.1) is 5.92 Å². The van der Waals surface area contributed by atoms with Gasteiger partial charge in [-0.3, -0.25) is 9.59 Å². The zero-order valence-corrected chi connectivity index (χ0v) is 11.6. The standard InChI is InChI=1S/C14H18O5/c1-9(15)11(14(16)19-4)7-10-5-6-12(17-2)13(8-10)18-3/h5-6,8,11H,7H2,1-4H3. The molecule has 1 aromatic carbocycles. The number of hydrogen-bond donors (Lipinski definition) is 0. The summed E-state index contributed by atoms with van der Waals surface area (Å²) in [6.45, 7) is 1.38. The average Bonchev–Trinajstić information content (AvgIpc) is 2.43. The van der Waals surface area contributed by atoms with Crippen molar-refractivity contribution >= 4 is 11.8 Å². The molecule has 104 valence electrons. The van der Waals surface area contributed by atoms with Crippen LogP contribution < -0.4 is 9.47 Å². The molecule has 0 saturated carbocycles. The molecule has 0 amide bonds. The largest absolute Gasteiger partial charge is 0.493 e. The van der Waals surface area contributed by atoms with E-state index >= 15 is 0 Å². The van der Waals surface area contributed by atoms with Gasteiger partial charge in [-0.05, 0) is 31.0 Å². The molecule has 0 radical (unpaired) electrons. The molecule has 0 aliphatic carbocycles. The summed E-state index contributed by atoms with van der Waals surface area (Å²) in [6, 6.07) is 5.28. The minimum absolute atomic E-state index is 0.221. The topological polar surface area (TPSA) is 61.8 Å². The van der Waals surface area contributed by atoms with Gasteiger partial charge < -0.3 is 14.2 Å². The Hall–Kier alpha value is -2.04. The third-order valence-electron chi connectivity index (χ3n) is 2.86. The fourth-order valence-corrected chi connectivity index (χ4v) is 1.78. The van der Waals surface area contributed by atoms with E-state index in [1.807, 2.05) is 0 Å². The van der Waals surface area contributed by atoms with Crippen molar-refractivity contribution < 1.29 is 23.8 Å². The van der Waals surface area contributed by atoms with E-state index in [0.717, 1.165) is 5.56 Å². The molecule has 0 spiro atoms. The van der Waals surface area contributed by atoms with Gasteiger partial charge in [0.05, 0.1) is 21.3 Å². The van der Waals surface area contributed by atoms with Gasteiger partial charge in [0.15, 0.2) is 11.5 Å². The Labute approximate surface area is 112 Å². The number of rotatable bonds is 6. The molecular formula is C14H18O5. The number of ether oxygens (including phenoxy) is 3. The van der Waals surface area contributed by atoms with Crippen molar-refractivity contribution in [1.29, 1.82) is 0 Å². The Morgan fingerprint density at radius 1 is 1.11 bits per heavy atom. The Morgan fingerprint density at radius 2 is 1.74 bits per heavy atom. The summed E-state index contributed by atoms with van der Waals surface area (Å²) in [7, 11) is 4.35. The van der Waals surface area contributed by atoms with Crippen molar-refractivity contribution in [3.8, 4) is 11.5 Å². The van der Waals surface area contributed by atoms with E-state index in [9.17, 15) is 9.59 Å². The molecule has 19 heavy (non-hydrogen) atoms. The lowest BCUT2D eigenvalue weighted by Gasteiger charge is -2.13. The molecule has 0 heterocycles. The maximum absolute atomic E-state index is 11.5. The molecular weight excluding hydrogens is 248 g/mol. The molecule has 0 fully saturated rings. The maximum Gasteiger partial charge on any atom is 0.316 e. The molecule has 5 heteroatoms. The fraction of sp³-hybridized carbons (Fsp3) is 0.429. The number of Topliss-reactive ketones (excluding diaryl/α,β-unsaturated/α-hetero) is 1. The highest BCUT2D eigenvalue weighted by Crippen LogP contribution is 2.28. The Kier molecular flexibility index (Phi) is 5.36. The lowest BCUT2D eigenvalue weighted by Crippen LogP contribution is -2.25. The highest BCUT2D eigenvalue weighted by Gasteiger charge is 2.24. The fourth-order valence-electron chi connectivity index (χ4n) is 1.78. The van der Waals surface area contributed by atoms with Crippen LogP contribution in [0.15, 0.2) is 18.2 Å². The minimum atomic E-state index is -0.789. The van der Waals surface area contributed by atoms with Gasteiger partial charge in [0.1, 0.15) is 11.7 Å². The van der Waals surface area contributed by atoms with Gasteiger partial charge in [-0.1, -0.05) is 6.07 Å². The number of esters is 1. The van der Waals surface area contributed by atoms with Crippen LogP contribution in [0.3, 0.4) is 0 Å². The first-order valence-electron chi connectivity index (χ1n) is 5.82. The Balaban J connectivity index is 2.97. The van der Waals surface area contributed by atoms with E-state index in [1.165, 1.54) is 21.1 Å². The first-order chi connectivity index (χ1) is 9.03. The number of hydrogen-bond acceptors (Lipinski definition) is 5. The highest BCUT2D eigenvalue weighted by molar-refractivity contribution is 5.97. The van der Waals surface area contributed by atoms with Crippen LogP contribution in [0.5, 0.6) is 11.5 Å². The number of carbonyl (C=O) groups excluding carboxylic acids is 2. The normalized spacial score (nSPS) is 11.6. The molecule has 1 atom stereocenters. The van der Waals surface area contributed by atoms with Crippen LogP contribution in [-0.4, -0.2) is 33.1 Å². The van der Waals surface area contributed by atoms with Gasteiger partial charge in [0.2, 0.25) is 0 Å². The molecule has 0 aromatic heterocycles. The molecule has 1 unspecified atom stereocenters. The number of benzene rings is 1.